The van der Waals surface area contributed by atoms with Crippen LogP contribution in [0.2, 0.25) is 0 Å². The van der Waals surface area contributed by atoms with E-state index < -0.39 is 5.91 Å². The lowest BCUT2D eigenvalue weighted by Crippen LogP contribution is -2.42. The zero-order valence-corrected chi connectivity index (χ0v) is 13.2. The van der Waals surface area contributed by atoms with Crippen molar-refractivity contribution in [3.8, 4) is 0 Å². The summed E-state index contributed by atoms with van der Waals surface area (Å²) in [5, 5.41) is 2.87. The fourth-order valence-corrected chi connectivity index (χ4v) is 2.33. The molecule has 1 aromatic carbocycles. The number of carbonyl (C=O) groups excluding carboxylic acids is 2. The minimum absolute atomic E-state index is 0.189. The van der Waals surface area contributed by atoms with Gasteiger partial charge >= 0.3 is 0 Å². The fraction of sp³-hybridized carbons (Fsp3) is 0.500. The van der Waals surface area contributed by atoms with E-state index >= 15 is 0 Å². The third-order valence-electron chi connectivity index (χ3n) is 3.39. The van der Waals surface area contributed by atoms with Crippen molar-refractivity contribution in [2.45, 2.75) is 39.8 Å². The van der Waals surface area contributed by atoms with E-state index in [1.807, 2.05) is 0 Å². The Morgan fingerprint density at radius 2 is 1.71 bits per heavy atom. The van der Waals surface area contributed by atoms with Crippen LogP contribution in [0.4, 0.5) is 0 Å². The Labute approximate surface area is 126 Å². The first-order valence-corrected chi connectivity index (χ1v) is 7.26. The molecule has 0 saturated carbocycles. The standard InChI is InChI=1S/C16H25N3O2/c1-11(2)19(12(3)4)9-8-18-16(21)14-7-5-6-13(10-14)15(17)20/h5-7,10-12H,8-9H2,1-4H3,(H2,17,20)(H,18,21). The summed E-state index contributed by atoms with van der Waals surface area (Å²) >= 11 is 0. The molecule has 21 heavy (non-hydrogen) atoms. The number of nitrogens with one attached hydrogen (secondary N) is 1. The number of nitrogens with two attached hydrogens (primary N) is 1. The van der Waals surface area contributed by atoms with Gasteiger partial charge in [-0.3, -0.25) is 14.5 Å². The van der Waals surface area contributed by atoms with E-state index in [1.54, 1.807) is 18.2 Å². The lowest BCUT2D eigenvalue weighted by Gasteiger charge is -2.30. The molecule has 0 saturated heterocycles. The van der Waals surface area contributed by atoms with Crippen molar-refractivity contribution in [1.82, 2.24) is 10.2 Å². The van der Waals surface area contributed by atoms with E-state index in [4.69, 9.17) is 5.73 Å². The molecule has 0 radical (unpaired) electrons. The van der Waals surface area contributed by atoms with Crippen molar-refractivity contribution in [3.63, 3.8) is 0 Å². The molecular weight excluding hydrogens is 266 g/mol. The van der Waals surface area contributed by atoms with Crippen LogP contribution in [0.1, 0.15) is 48.4 Å². The molecule has 0 bridgehead atoms. The highest BCUT2D eigenvalue weighted by molar-refractivity contribution is 5.99. The van der Waals surface area contributed by atoms with Crippen LogP contribution in [0.15, 0.2) is 24.3 Å². The largest absolute Gasteiger partial charge is 0.366 e. The molecule has 5 heteroatoms. The summed E-state index contributed by atoms with van der Waals surface area (Å²) in [5.41, 5.74) is 6.00. The summed E-state index contributed by atoms with van der Waals surface area (Å²) < 4.78 is 0. The highest BCUT2D eigenvalue weighted by atomic mass is 16.2. The van der Waals surface area contributed by atoms with E-state index in [2.05, 4.69) is 37.9 Å². The second-order valence-corrected chi connectivity index (χ2v) is 5.63. The molecule has 0 fully saturated rings. The summed E-state index contributed by atoms with van der Waals surface area (Å²) in [6.45, 7) is 9.90. The van der Waals surface area contributed by atoms with Gasteiger partial charge in [0, 0.05) is 36.3 Å². The molecule has 0 aliphatic rings. The molecule has 116 valence electrons. The zero-order valence-electron chi connectivity index (χ0n) is 13.2. The molecule has 0 spiro atoms. The molecule has 1 aromatic rings. The molecule has 0 aliphatic carbocycles. The molecule has 0 unspecified atom stereocenters. The van der Waals surface area contributed by atoms with Crippen molar-refractivity contribution >= 4 is 11.8 Å². The van der Waals surface area contributed by atoms with Crippen molar-refractivity contribution in [2.75, 3.05) is 13.1 Å². The summed E-state index contributed by atoms with van der Waals surface area (Å²) in [6, 6.07) is 7.30. The molecule has 3 N–H and O–H groups in total. The summed E-state index contributed by atoms with van der Waals surface area (Å²) in [6.07, 6.45) is 0. The second kappa shape index (κ2) is 7.78. The molecule has 5 nitrogen and oxygen atoms in total. The lowest BCUT2D eigenvalue weighted by atomic mass is 10.1. The first-order valence-electron chi connectivity index (χ1n) is 7.26. The van der Waals surface area contributed by atoms with E-state index in [9.17, 15) is 9.59 Å². The van der Waals surface area contributed by atoms with E-state index in [1.165, 1.54) is 6.07 Å². The van der Waals surface area contributed by atoms with Crippen LogP contribution < -0.4 is 11.1 Å². The average molecular weight is 291 g/mol. The Hall–Kier alpha value is -1.88. The quantitative estimate of drug-likeness (QED) is 0.802. The van der Waals surface area contributed by atoms with Crippen LogP contribution in [-0.4, -0.2) is 41.9 Å². The molecular formula is C16H25N3O2. The predicted octanol–water partition coefficient (Wildman–Crippen LogP) is 1.63. The Bertz CT molecular complexity index is 490. The Morgan fingerprint density at radius 1 is 1.14 bits per heavy atom. The summed E-state index contributed by atoms with van der Waals surface area (Å²) in [7, 11) is 0. The second-order valence-electron chi connectivity index (χ2n) is 5.63. The van der Waals surface area contributed by atoms with E-state index in [0.717, 1.165) is 6.54 Å². The SMILES string of the molecule is CC(C)N(CCNC(=O)c1cccc(C(N)=O)c1)C(C)C. The van der Waals surface area contributed by atoms with Gasteiger partial charge in [0.1, 0.15) is 0 Å². The van der Waals surface area contributed by atoms with Gasteiger partial charge in [-0.2, -0.15) is 0 Å². The van der Waals surface area contributed by atoms with Gasteiger partial charge < -0.3 is 11.1 Å². The van der Waals surface area contributed by atoms with Crippen LogP contribution in [0.5, 0.6) is 0 Å². The van der Waals surface area contributed by atoms with Crippen molar-refractivity contribution in [2.24, 2.45) is 5.73 Å². The molecule has 0 aliphatic heterocycles. The van der Waals surface area contributed by atoms with Crippen molar-refractivity contribution in [3.05, 3.63) is 35.4 Å². The average Bonchev–Trinajstić information content (AvgIpc) is 2.42. The number of carbonyl (C=O) groups is 2. The van der Waals surface area contributed by atoms with E-state index in [-0.39, 0.29) is 5.91 Å². The van der Waals surface area contributed by atoms with Crippen LogP contribution in [0.3, 0.4) is 0 Å². The Kier molecular flexibility index (Phi) is 6.37. The maximum atomic E-state index is 12.1. The van der Waals surface area contributed by atoms with E-state index in [0.29, 0.717) is 29.8 Å². The van der Waals surface area contributed by atoms with Crippen molar-refractivity contribution < 1.29 is 9.59 Å². The van der Waals surface area contributed by atoms with Gasteiger partial charge in [-0.05, 0) is 45.9 Å². The first kappa shape index (κ1) is 17.2. The number of hydrogen-bond donors (Lipinski definition) is 2. The molecule has 0 heterocycles. The highest BCUT2D eigenvalue weighted by Crippen LogP contribution is 2.06. The number of rotatable bonds is 7. The minimum Gasteiger partial charge on any atom is -0.366 e. The van der Waals surface area contributed by atoms with Crippen LogP contribution >= 0.6 is 0 Å². The summed E-state index contributed by atoms with van der Waals surface area (Å²) in [4.78, 5) is 25.5. The third kappa shape index (κ3) is 5.19. The normalized spacial score (nSPS) is 11.2. The van der Waals surface area contributed by atoms with Gasteiger partial charge in [0.15, 0.2) is 0 Å². The number of primary amides is 1. The lowest BCUT2D eigenvalue weighted by molar-refractivity contribution is 0.0939. The molecule has 0 atom stereocenters. The van der Waals surface area contributed by atoms with Crippen molar-refractivity contribution in [1.29, 1.82) is 0 Å². The smallest absolute Gasteiger partial charge is 0.251 e. The number of nitrogens with zero attached hydrogens (tertiary/aromatic N) is 1. The molecule has 1 rings (SSSR count). The maximum Gasteiger partial charge on any atom is 0.251 e. The highest BCUT2D eigenvalue weighted by Gasteiger charge is 2.13. The van der Waals surface area contributed by atoms with Gasteiger partial charge in [0.05, 0.1) is 0 Å². The number of amides is 2. The zero-order chi connectivity index (χ0) is 16.0. The topological polar surface area (TPSA) is 75.4 Å². The first-order chi connectivity index (χ1) is 9.82. The van der Waals surface area contributed by atoms with Gasteiger partial charge in [-0.15, -0.1) is 0 Å². The third-order valence-corrected chi connectivity index (χ3v) is 3.39. The Morgan fingerprint density at radius 3 is 2.24 bits per heavy atom. The minimum atomic E-state index is -0.532. The van der Waals surface area contributed by atoms with Crippen LogP contribution in [0.25, 0.3) is 0 Å². The van der Waals surface area contributed by atoms with Gasteiger partial charge in [-0.1, -0.05) is 6.07 Å². The number of hydrogen-bond acceptors (Lipinski definition) is 3. The monoisotopic (exact) mass is 291 g/mol. The van der Waals surface area contributed by atoms with Crippen LogP contribution in [0, 0.1) is 0 Å². The molecule has 2 amide bonds. The summed E-state index contributed by atoms with van der Waals surface area (Å²) in [5.74, 6) is -0.721. The van der Waals surface area contributed by atoms with Crippen LogP contribution in [-0.2, 0) is 0 Å². The predicted molar refractivity (Wildman–Crippen MR) is 84.3 cm³/mol. The fourth-order valence-electron chi connectivity index (χ4n) is 2.33. The Balaban J connectivity index is 2.58. The van der Waals surface area contributed by atoms with Gasteiger partial charge in [0.2, 0.25) is 5.91 Å². The number of benzene rings is 1. The van der Waals surface area contributed by atoms with Gasteiger partial charge in [-0.25, -0.2) is 0 Å². The van der Waals surface area contributed by atoms with Gasteiger partial charge in [0.25, 0.3) is 5.91 Å². The maximum absolute atomic E-state index is 12.1. The molecule has 0 aromatic heterocycles.